The maximum absolute atomic E-state index is 12.8. The van der Waals surface area contributed by atoms with Gasteiger partial charge in [0.2, 0.25) is 11.7 Å². The fourth-order valence-corrected chi connectivity index (χ4v) is 3.82. The van der Waals surface area contributed by atoms with Crippen molar-refractivity contribution in [3.63, 3.8) is 0 Å². The van der Waals surface area contributed by atoms with Gasteiger partial charge in [-0.1, -0.05) is 62.4 Å². The van der Waals surface area contributed by atoms with Crippen molar-refractivity contribution in [2.45, 2.75) is 58.0 Å². The van der Waals surface area contributed by atoms with E-state index < -0.39 is 6.04 Å². The zero-order valence-electron chi connectivity index (χ0n) is 17.2. The van der Waals surface area contributed by atoms with Gasteiger partial charge >= 0.3 is 0 Å². The van der Waals surface area contributed by atoms with Gasteiger partial charge in [-0.15, -0.1) is 10.2 Å². The average molecular weight is 390 g/mol. The van der Waals surface area contributed by atoms with E-state index in [1.807, 2.05) is 18.2 Å². The van der Waals surface area contributed by atoms with E-state index in [9.17, 15) is 4.79 Å². The van der Waals surface area contributed by atoms with Crippen LogP contribution < -0.4 is 5.32 Å². The number of aryl methyl sites for hydroxylation is 1. The molecule has 6 nitrogen and oxygen atoms in total. The van der Waals surface area contributed by atoms with Crippen molar-refractivity contribution < 1.29 is 4.79 Å². The largest absolute Gasteiger partial charge is 0.347 e. The lowest BCUT2D eigenvalue weighted by molar-refractivity contribution is -0.125. The van der Waals surface area contributed by atoms with E-state index >= 15 is 0 Å². The predicted molar refractivity (Wildman–Crippen MR) is 112 cm³/mol. The summed E-state index contributed by atoms with van der Waals surface area (Å²) in [4.78, 5) is 14.2. The Balaban J connectivity index is 1.46. The Kier molecular flexibility index (Phi) is 5.43. The summed E-state index contributed by atoms with van der Waals surface area (Å²) in [5.41, 5.74) is 4.70. The van der Waals surface area contributed by atoms with Gasteiger partial charge in [-0.2, -0.15) is 4.80 Å². The number of aromatic nitrogens is 4. The molecular formula is C23H27N5O. The van der Waals surface area contributed by atoms with Gasteiger partial charge in [0.1, 0.15) is 6.04 Å². The lowest BCUT2D eigenvalue weighted by atomic mass is 9.87. The molecule has 1 aliphatic rings. The molecule has 150 valence electrons. The molecule has 0 unspecified atom stereocenters. The van der Waals surface area contributed by atoms with E-state index in [0.29, 0.717) is 11.7 Å². The summed E-state index contributed by atoms with van der Waals surface area (Å²) in [5.74, 6) is 0.912. The molecule has 0 saturated heterocycles. The molecule has 29 heavy (non-hydrogen) atoms. The van der Waals surface area contributed by atoms with Crippen LogP contribution in [-0.4, -0.2) is 26.1 Å². The normalized spacial score (nSPS) is 17.0. The van der Waals surface area contributed by atoms with E-state index in [0.717, 1.165) is 24.8 Å². The zero-order valence-corrected chi connectivity index (χ0v) is 17.2. The molecule has 0 fully saturated rings. The van der Waals surface area contributed by atoms with Gasteiger partial charge in [0.25, 0.3) is 0 Å². The van der Waals surface area contributed by atoms with Gasteiger partial charge in [-0.25, -0.2) is 0 Å². The molecular weight excluding hydrogens is 362 g/mol. The highest BCUT2D eigenvalue weighted by Gasteiger charge is 2.25. The topological polar surface area (TPSA) is 72.7 Å². The molecule has 2 aromatic carbocycles. The summed E-state index contributed by atoms with van der Waals surface area (Å²) >= 11 is 0. The van der Waals surface area contributed by atoms with Crippen molar-refractivity contribution in [3.05, 3.63) is 65.2 Å². The second-order valence-electron chi connectivity index (χ2n) is 8.04. The SMILES string of the molecule is CC(C)c1ccc(-c2nnn([C@@H](C)C(=O)N[C@H]3CCCc4ccccc43)n2)cc1. The Morgan fingerprint density at radius 3 is 2.62 bits per heavy atom. The molecule has 1 aliphatic carbocycles. The second-order valence-corrected chi connectivity index (χ2v) is 8.04. The van der Waals surface area contributed by atoms with Crippen LogP contribution in [0.2, 0.25) is 0 Å². The predicted octanol–water partition coefficient (Wildman–Crippen LogP) is 4.22. The monoisotopic (exact) mass is 389 g/mol. The summed E-state index contributed by atoms with van der Waals surface area (Å²) in [7, 11) is 0. The number of fused-ring (bicyclic) bond motifs is 1. The molecule has 0 spiro atoms. The third-order valence-electron chi connectivity index (χ3n) is 5.68. The standard InChI is InChI=1S/C23H27N5O/c1-15(2)17-11-13-19(14-12-17)22-25-27-28(26-22)16(3)23(29)24-21-10-6-8-18-7-4-5-9-20(18)21/h4-5,7,9,11-16,21H,6,8,10H2,1-3H3,(H,24,29)/t16-,21-/m0/s1. The molecule has 0 aliphatic heterocycles. The molecule has 1 N–H and O–H groups in total. The maximum atomic E-state index is 12.8. The van der Waals surface area contributed by atoms with E-state index in [2.05, 4.69) is 64.9 Å². The van der Waals surface area contributed by atoms with Crippen LogP contribution in [0.5, 0.6) is 0 Å². The second kappa shape index (κ2) is 8.15. The van der Waals surface area contributed by atoms with Crippen LogP contribution in [0.4, 0.5) is 0 Å². The van der Waals surface area contributed by atoms with Gasteiger partial charge in [-0.3, -0.25) is 4.79 Å². The minimum Gasteiger partial charge on any atom is -0.347 e. The average Bonchev–Trinajstić information content (AvgIpc) is 3.23. The van der Waals surface area contributed by atoms with E-state index in [4.69, 9.17) is 0 Å². The van der Waals surface area contributed by atoms with Crippen LogP contribution in [0, 0.1) is 0 Å². The number of carbonyl (C=O) groups excluding carboxylic acids is 1. The van der Waals surface area contributed by atoms with Crippen molar-refractivity contribution in [1.82, 2.24) is 25.5 Å². The number of nitrogens with one attached hydrogen (secondary N) is 1. The quantitative estimate of drug-likeness (QED) is 0.709. The maximum Gasteiger partial charge on any atom is 0.247 e. The molecule has 1 heterocycles. The first-order chi connectivity index (χ1) is 14.0. The highest BCUT2D eigenvalue weighted by atomic mass is 16.2. The highest BCUT2D eigenvalue weighted by Crippen LogP contribution is 2.29. The van der Waals surface area contributed by atoms with Gasteiger partial charge in [0.05, 0.1) is 6.04 Å². The Morgan fingerprint density at radius 1 is 1.10 bits per heavy atom. The summed E-state index contributed by atoms with van der Waals surface area (Å²) in [5, 5.41) is 15.9. The van der Waals surface area contributed by atoms with Crippen molar-refractivity contribution in [3.8, 4) is 11.4 Å². The number of hydrogen-bond acceptors (Lipinski definition) is 4. The third kappa shape index (κ3) is 4.06. The van der Waals surface area contributed by atoms with Gasteiger partial charge in [0.15, 0.2) is 0 Å². The lowest BCUT2D eigenvalue weighted by Gasteiger charge is -2.27. The summed E-state index contributed by atoms with van der Waals surface area (Å²) in [6.45, 7) is 6.13. The van der Waals surface area contributed by atoms with E-state index in [1.165, 1.54) is 21.5 Å². The molecule has 0 saturated carbocycles. The van der Waals surface area contributed by atoms with Gasteiger partial charge in [0, 0.05) is 5.56 Å². The number of nitrogens with zero attached hydrogens (tertiary/aromatic N) is 4. The first kappa shape index (κ1) is 19.3. The molecule has 6 heteroatoms. The zero-order chi connectivity index (χ0) is 20.4. The van der Waals surface area contributed by atoms with Crippen molar-refractivity contribution >= 4 is 5.91 Å². The molecule has 3 aromatic rings. The van der Waals surface area contributed by atoms with Gasteiger partial charge in [-0.05, 0) is 54.0 Å². The van der Waals surface area contributed by atoms with E-state index in [1.54, 1.807) is 6.92 Å². The van der Waals surface area contributed by atoms with Crippen LogP contribution in [0.3, 0.4) is 0 Å². The Morgan fingerprint density at radius 2 is 1.86 bits per heavy atom. The van der Waals surface area contributed by atoms with E-state index in [-0.39, 0.29) is 11.9 Å². The fourth-order valence-electron chi connectivity index (χ4n) is 3.82. The van der Waals surface area contributed by atoms with Crippen molar-refractivity contribution in [2.24, 2.45) is 0 Å². The summed E-state index contributed by atoms with van der Waals surface area (Å²) < 4.78 is 0. The number of tetrazole rings is 1. The molecule has 0 bridgehead atoms. The van der Waals surface area contributed by atoms with Crippen LogP contribution in [0.25, 0.3) is 11.4 Å². The number of rotatable bonds is 5. The lowest BCUT2D eigenvalue weighted by Crippen LogP contribution is -2.36. The number of benzene rings is 2. The third-order valence-corrected chi connectivity index (χ3v) is 5.68. The molecule has 1 amide bonds. The van der Waals surface area contributed by atoms with Crippen molar-refractivity contribution in [1.29, 1.82) is 0 Å². The number of carbonyl (C=O) groups is 1. The van der Waals surface area contributed by atoms with Crippen LogP contribution in [0.15, 0.2) is 48.5 Å². The molecule has 4 rings (SSSR count). The first-order valence-electron chi connectivity index (χ1n) is 10.3. The fraction of sp³-hybridized carbons (Fsp3) is 0.391. The smallest absolute Gasteiger partial charge is 0.247 e. The number of hydrogen-bond donors (Lipinski definition) is 1. The highest BCUT2D eigenvalue weighted by molar-refractivity contribution is 5.80. The van der Waals surface area contributed by atoms with Crippen LogP contribution >= 0.6 is 0 Å². The summed E-state index contributed by atoms with van der Waals surface area (Å²) in [6, 6.07) is 16.0. The van der Waals surface area contributed by atoms with Gasteiger partial charge < -0.3 is 5.32 Å². The Bertz CT molecular complexity index is 993. The number of amides is 1. The Labute approximate surface area is 171 Å². The molecule has 2 atom stereocenters. The summed E-state index contributed by atoms with van der Waals surface area (Å²) in [6.07, 6.45) is 3.10. The van der Waals surface area contributed by atoms with Crippen LogP contribution in [0.1, 0.15) is 68.3 Å². The molecule has 1 aromatic heterocycles. The Hall–Kier alpha value is -3.02. The molecule has 0 radical (unpaired) electrons. The minimum atomic E-state index is -0.528. The van der Waals surface area contributed by atoms with Crippen molar-refractivity contribution in [2.75, 3.05) is 0 Å². The first-order valence-corrected chi connectivity index (χ1v) is 10.3. The minimum absolute atomic E-state index is 0.0430. The van der Waals surface area contributed by atoms with Crippen LogP contribution in [-0.2, 0) is 11.2 Å².